The van der Waals surface area contributed by atoms with Gasteiger partial charge in [-0.05, 0) is 42.8 Å². The summed E-state index contributed by atoms with van der Waals surface area (Å²) < 4.78 is 23.7. The Kier molecular flexibility index (Phi) is 7.37. The maximum absolute atomic E-state index is 13.6. The Morgan fingerprint density at radius 1 is 1.22 bits per heavy atom. The second kappa shape index (κ2) is 9.73. The SMILES string of the molecule is COc1ccc(CNC(=O)[C@@H](C)OC(=O)/C=C/c2c(F)cccc2Cl)cc1. The van der Waals surface area contributed by atoms with Crippen LogP contribution in [0, 0.1) is 5.82 Å². The first-order valence-electron chi connectivity index (χ1n) is 8.14. The van der Waals surface area contributed by atoms with Gasteiger partial charge in [0, 0.05) is 18.2 Å². The van der Waals surface area contributed by atoms with Crippen LogP contribution in [0.15, 0.2) is 48.5 Å². The summed E-state index contributed by atoms with van der Waals surface area (Å²) >= 11 is 5.87. The molecule has 0 spiro atoms. The first kappa shape index (κ1) is 20.5. The number of nitrogens with one attached hydrogen (secondary N) is 1. The Bertz CT molecular complexity index is 816. The Morgan fingerprint density at radius 3 is 2.56 bits per heavy atom. The second-order valence-corrected chi connectivity index (χ2v) is 6.02. The largest absolute Gasteiger partial charge is 0.497 e. The highest BCUT2D eigenvalue weighted by Crippen LogP contribution is 2.20. The van der Waals surface area contributed by atoms with E-state index in [1.807, 2.05) is 12.1 Å². The molecule has 2 aromatic rings. The number of hydrogen-bond acceptors (Lipinski definition) is 4. The van der Waals surface area contributed by atoms with Crippen molar-refractivity contribution in [1.29, 1.82) is 0 Å². The van der Waals surface area contributed by atoms with Gasteiger partial charge in [-0.15, -0.1) is 0 Å². The van der Waals surface area contributed by atoms with Crippen molar-refractivity contribution in [2.24, 2.45) is 0 Å². The van der Waals surface area contributed by atoms with Crippen LogP contribution < -0.4 is 10.1 Å². The van der Waals surface area contributed by atoms with Crippen molar-refractivity contribution < 1.29 is 23.5 Å². The number of ether oxygens (including phenoxy) is 2. The lowest BCUT2D eigenvalue weighted by atomic mass is 10.2. The van der Waals surface area contributed by atoms with E-state index in [2.05, 4.69) is 5.32 Å². The molecule has 5 nitrogen and oxygen atoms in total. The van der Waals surface area contributed by atoms with Gasteiger partial charge in [-0.1, -0.05) is 29.8 Å². The number of halogens is 2. The maximum atomic E-state index is 13.6. The van der Waals surface area contributed by atoms with Crippen molar-refractivity contribution in [3.05, 3.63) is 70.5 Å². The van der Waals surface area contributed by atoms with Crippen molar-refractivity contribution in [2.75, 3.05) is 7.11 Å². The summed E-state index contributed by atoms with van der Waals surface area (Å²) in [4.78, 5) is 23.9. The van der Waals surface area contributed by atoms with Crippen molar-refractivity contribution in [1.82, 2.24) is 5.32 Å². The predicted molar refractivity (Wildman–Crippen MR) is 101 cm³/mol. The molecule has 0 saturated carbocycles. The molecule has 0 aliphatic rings. The Balaban J connectivity index is 1.85. The fourth-order valence-corrected chi connectivity index (χ4v) is 2.39. The van der Waals surface area contributed by atoms with Crippen LogP contribution in [0.1, 0.15) is 18.1 Å². The van der Waals surface area contributed by atoms with Crippen LogP contribution in [-0.2, 0) is 20.9 Å². The molecule has 0 heterocycles. The summed E-state index contributed by atoms with van der Waals surface area (Å²) in [6.45, 7) is 1.73. The number of amides is 1. The second-order valence-electron chi connectivity index (χ2n) is 5.61. The van der Waals surface area contributed by atoms with Crippen molar-refractivity contribution in [3.63, 3.8) is 0 Å². The molecule has 0 saturated heterocycles. The summed E-state index contributed by atoms with van der Waals surface area (Å²) in [5, 5.41) is 2.84. The van der Waals surface area contributed by atoms with Crippen LogP contribution in [-0.4, -0.2) is 25.1 Å². The molecule has 1 amide bonds. The smallest absolute Gasteiger partial charge is 0.331 e. The summed E-state index contributed by atoms with van der Waals surface area (Å²) in [5.74, 6) is -1.07. The van der Waals surface area contributed by atoms with Gasteiger partial charge in [-0.2, -0.15) is 0 Å². The third-order valence-electron chi connectivity index (χ3n) is 3.67. The Labute approximate surface area is 161 Å². The molecule has 0 fully saturated rings. The molecule has 0 aliphatic carbocycles. The lowest BCUT2D eigenvalue weighted by Crippen LogP contribution is -2.35. The van der Waals surface area contributed by atoms with Gasteiger partial charge in [0.25, 0.3) is 5.91 Å². The highest BCUT2D eigenvalue weighted by atomic mass is 35.5. The number of esters is 1. The monoisotopic (exact) mass is 391 g/mol. The molecular weight excluding hydrogens is 373 g/mol. The molecule has 1 atom stereocenters. The summed E-state index contributed by atoms with van der Waals surface area (Å²) in [6, 6.07) is 11.4. The Hall–Kier alpha value is -2.86. The third-order valence-corrected chi connectivity index (χ3v) is 4.00. The first-order chi connectivity index (χ1) is 12.9. The summed E-state index contributed by atoms with van der Waals surface area (Å²) in [5.41, 5.74) is 0.949. The highest BCUT2D eigenvalue weighted by Gasteiger charge is 2.16. The quantitative estimate of drug-likeness (QED) is 0.576. The van der Waals surface area contributed by atoms with Gasteiger partial charge in [0.1, 0.15) is 11.6 Å². The van der Waals surface area contributed by atoms with E-state index in [0.29, 0.717) is 5.75 Å². The van der Waals surface area contributed by atoms with E-state index >= 15 is 0 Å². The lowest BCUT2D eigenvalue weighted by Gasteiger charge is -2.12. The van der Waals surface area contributed by atoms with Gasteiger partial charge in [0.2, 0.25) is 0 Å². The third kappa shape index (κ3) is 6.11. The molecule has 27 heavy (non-hydrogen) atoms. The summed E-state index contributed by atoms with van der Waals surface area (Å²) in [6.07, 6.45) is 1.23. The topological polar surface area (TPSA) is 64.6 Å². The molecule has 0 radical (unpaired) electrons. The standard InChI is InChI=1S/C20H19ClFNO4/c1-13(20(25)23-12-14-6-8-15(26-2)9-7-14)27-19(24)11-10-16-17(21)4-3-5-18(16)22/h3-11,13H,12H2,1-2H3,(H,23,25)/b11-10+/t13-/m1/s1. The van der Waals surface area contributed by atoms with E-state index in [-0.39, 0.29) is 17.1 Å². The van der Waals surface area contributed by atoms with Gasteiger partial charge < -0.3 is 14.8 Å². The first-order valence-corrected chi connectivity index (χ1v) is 8.52. The highest BCUT2D eigenvalue weighted by molar-refractivity contribution is 6.32. The molecule has 0 aromatic heterocycles. The average molecular weight is 392 g/mol. The summed E-state index contributed by atoms with van der Waals surface area (Å²) in [7, 11) is 1.57. The van der Waals surface area contributed by atoms with E-state index in [4.69, 9.17) is 21.1 Å². The van der Waals surface area contributed by atoms with Crippen LogP contribution >= 0.6 is 11.6 Å². The van der Waals surface area contributed by atoms with Gasteiger partial charge >= 0.3 is 5.97 Å². The van der Waals surface area contributed by atoms with Crippen LogP contribution in [0.3, 0.4) is 0 Å². The van der Waals surface area contributed by atoms with Crippen molar-refractivity contribution in [2.45, 2.75) is 19.6 Å². The molecule has 2 rings (SSSR count). The van der Waals surface area contributed by atoms with Crippen LogP contribution in [0.4, 0.5) is 4.39 Å². The molecule has 142 valence electrons. The van der Waals surface area contributed by atoms with Gasteiger partial charge in [-0.3, -0.25) is 4.79 Å². The van der Waals surface area contributed by atoms with E-state index < -0.39 is 23.8 Å². The lowest BCUT2D eigenvalue weighted by molar-refractivity contribution is -0.150. The predicted octanol–water partition coefficient (Wildman–Crippen LogP) is 3.75. The molecule has 0 unspecified atom stereocenters. The molecule has 0 aliphatic heterocycles. The molecule has 0 bridgehead atoms. The number of hydrogen-bond donors (Lipinski definition) is 1. The van der Waals surface area contributed by atoms with Gasteiger partial charge in [-0.25, -0.2) is 9.18 Å². The fourth-order valence-electron chi connectivity index (χ4n) is 2.16. The molecule has 7 heteroatoms. The zero-order valence-corrected chi connectivity index (χ0v) is 15.6. The van der Waals surface area contributed by atoms with Crippen molar-refractivity contribution >= 4 is 29.6 Å². The molecular formula is C20H19ClFNO4. The zero-order chi connectivity index (χ0) is 19.8. The van der Waals surface area contributed by atoms with E-state index in [0.717, 1.165) is 11.6 Å². The minimum Gasteiger partial charge on any atom is -0.497 e. The fraction of sp³-hybridized carbons (Fsp3) is 0.200. The maximum Gasteiger partial charge on any atom is 0.331 e. The minimum atomic E-state index is -1.00. The number of carbonyl (C=O) groups excluding carboxylic acids is 2. The molecule has 1 N–H and O–H groups in total. The van der Waals surface area contributed by atoms with Crippen LogP contribution in [0.5, 0.6) is 5.75 Å². The number of carbonyl (C=O) groups is 2. The number of benzene rings is 2. The normalized spacial score (nSPS) is 11.9. The van der Waals surface area contributed by atoms with E-state index in [1.165, 1.54) is 31.2 Å². The minimum absolute atomic E-state index is 0.0766. The van der Waals surface area contributed by atoms with E-state index in [1.54, 1.807) is 19.2 Å². The zero-order valence-electron chi connectivity index (χ0n) is 14.9. The van der Waals surface area contributed by atoms with E-state index in [9.17, 15) is 14.0 Å². The molecule has 2 aromatic carbocycles. The van der Waals surface area contributed by atoms with Crippen molar-refractivity contribution in [3.8, 4) is 5.75 Å². The van der Waals surface area contributed by atoms with Gasteiger partial charge in [0.05, 0.1) is 12.1 Å². The van der Waals surface area contributed by atoms with Gasteiger partial charge in [0.15, 0.2) is 6.10 Å². The average Bonchev–Trinajstić information content (AvgIpc) is 2.66. The number of methoxy groups -OCH3 is 1. The van der Waals surface area contributed by atoms with Crippen LogP contribution in [0.2, 0.25) is 5.02 Å². The Morgan fingerprint density at radius 2 is 1.93 bits per heavy atom. The van der Waals surface area contributed by atoms with Crippen LogP contribution in [0.25, 0.3) is 6.08 Å². The number of rotatable bonds is 7.